The van der Waals surface area contributed by atoms with Crippen molar-refractivity contribution in [2.75, 3.05) is 18.4 Å². The highest BCUT2D eigenvalue weighted by molar-refractivity contribution is 6.00. The van der Waals surface area contributed by atoms with Gasteiger partial charge in [0.05, 0.1) is 6.54 Å². The third-order valence-corrected chi connectivity index (χ3v) is 4.61. The fourth-order valence-corrected chi connectivity index (χ4v) is 2.96. The van der Waals surface area contributed by atoms with E-state index in [1.54, 1.807) is 6.07 Å². The van der Waals surface area contributed by atoms with Gasteiger partial charge in [-0.3, -0.25) is 9.59 Å². The van der Waals surface area contributed by atoms with E-state index in [1.165, 1.54) is 12.5 Å². The lowest BCUT2D eigenvalue weighted by Crippen LogP contribution is -2.36. The van der Waals surface area contributed by atoms with Crippen molar-refractivity contribution in [1.29, 1.82) is 0 Å². The molecule has 0 radical (unpaired) electrons. The number of rotatable bonds is 7. The first-order valence-corrected chi connectivity index (χ1v) is 8.27. The van der Waals surface area contributed by atoms with E-state index in [2.05, 4.69) is 22.8 Å². The summed E-state index contributed by atoms with van der Waals surface area (Å²) >= 11 is 0. The number of Topliss-reactive ketones (excluding diaryl/α,β-unsaturated/α-hetero) is 1. The zero-order valence-corrected chi connectivity index (χ0v) is 13.8. The number of amides is 1. The maximum Gasteiger partial charge on any atom is 0.239 e. The molecule has 0 bridgehead atoms. The Morgan fingerprint density at radius 2 is 1.67 bits per heavy atom. The molecule has 1 aliphatic carbocycles. The van der Waals surface area contributed by atoms with E-state index in [4.69, 9.17) is 0 Å². The molecule has 1 aliphatic rings. The summed E-state index contributed by atoms with van der Waals surface area (Å²) in [7, 11) is 0. The van der Waals surface area contributed by atoms with Crippen LogP contribution in [-0.2, 0) is 10.2 Å². The highest BCUT2D eigenvalue weighted by Crippen LogP contribution is 2.47. The number of anilines is 1. The normalized spacial score (nSPS) is 14.7. The quantitative estimate of drug-likeness (QED) is 0.770. The Hall–Kier alpha value is -2.62. The number of carbonyl (C=O) groups excluding carboxylic acids is 2. The van der Waals surface area contributed by atoms with E-state index in [9.17, 15) is 9.59 Å². The van der Waals surface area contributed by atoms with Crippen LogP contribution in [0.15, 0.2) is 54.6 Å². The van der Waals surface area contributed by atoms with Gasteiger partial charge in [0.15, 0.2) is 5.78 Å². The average molecular weight is 322 g/mol. The monoisotopic (exact) mass is 322 g/mol. The summed E-state index contributed by atoms with van der Waals surface area (Å²) in [5.41, 5.74) is 2.70. The van der Waals surface area contributed by atoms with Gasteiger partial charge in [0.1, 0.15) is 0 Å². The van der Waals surface area contributed by atoms with Crippen LogP contribution in [0.4, 0.5) is 5.69 Å². The van der Waals surface area contributed by atoms with Gasteiger partial charge in [-0.1, -0.05) is 42.5 Å². The summed E-state index contributed by atoms with van der Waals surface area (Å²) in [5.74, 6) is -0.0740. The van der Waals surface area contributed by atoms with Gasteiger partial charge in [-0.25, -0.2) is 0 Å². The van der Waals surface area contributed by atoms with Gasteiger partial charge in [0.25, 0.3) is 0 Å². The summed E-state index contributed by atoms with van der Waals surface area (Å²) in [4.78, 5) is 23.7. The maximum absolute atomic E-state index is 12.1. The van der Waals surface area contributed by atoms with Crippen LogP contribution in [0.1, 0.15) is 35.7 Å². The Bertz CT molecular complexity index is 736. The van der Waals surface area contributed by atoms with Crippen molar-refractivity contribution in [1.82, 2.24) is 5.32 Å². The molecule has 1 saturated carbocycles. The molecule has 1 fully saturated rings. The summed E-state index contributed by atoms with van der Waals surface area (Å²) in [6.07, 6.45) is 2.22. The third kappa shape index (κ3) is 3.65. The molecule has 124 valence electrons. The second-order valence-electron chi connectivity index (χ2n) is 6.38. The predicted molar refractivity (Wildman–Crippen MR) is 95.3 cm³/mol. The molecule has 2 N–H and O–H groups in total. The second-order valence-corrected chi connectivity index (χ2v) is 6.38. The summed E-state index contributed by atoms with van der Waals surface area (Å²) in [5, 5.41) is 6.07. The van der Waals surface area contributed by atoms with Gasteiger partial charge in [-0.05, 0) is 37.5 Å². The van der Waals surface area contributed by atoms with Crippen molar-refractivity contribution in [3.8, 4) is 0 Å². The molecule has 0 unspecified atom stereocenters. The molecule has 4 nitrogen and oxygen atoms in total. The van der Waals surface area contributed by atoms with Gasteiger partial charge in [0, 0.05) is 23.2 Å². The van der Waals surface area contributed by atoms with Crippen molar-refractivity contribution >= 4 is 17.4 Å². The van der Waals surface area contributed by atoms with Crippen LogP contribution in [0.2, 0.25) is 0 Å². The zero-order chi connectivity index (χ0) is 17.0. The summed E-state index contributed by atoms with van der Waals surface area (Å²) < 4.78 is 0. The summed E-state index contributed by atoms with van der Waals surface area (Å²) in [6, 6.07) is 17.6. The van der Waals surface area contributed by atoms with E-state index in [0.717, 1.165) is 12.8 Å². The standard InChI is InChI=1S/C20H22N2O2/c1-15(23)17-9-5-6-10-18(17)21-13-19(24)22-14-20(11-12-20)16-7-3-2-4-8-16/h2-10,21H,11-14H2,1H3,(H,22,24). The van der Waals surface area contributed by atoms with Gasteiger partial charge in [-0.2, -0.15) is 0 Å². The van der Waals surface area contributed by atoms with Crippen molar-refractivity contribution in [3.63, 3.8) is 0 Å². The number of nitrogens with one attached hydrogen (secondary N) is 2. The molecule has 0 aliphatic heterocycles. The first-order chi connectivity index (χ1) is 11.6. The number of hydrogen-bond acceptors (Lipinski definition) is 3. The number of benzene rings is 2. The smallest absolute Gasteiger partial charge is 0.239 e. The van der Waals surface area contributed by atoms with Crippen molar-refractivity contribution in [2.24, 2.45) is 0 Å². The molecule has 0 saturated heterocycles. The van der Waals surface area contributed by atoms with Gasteiger partial charge in [-0.15, -0.1) is 0 Å². The number of ketones is 1. The molecule has 0 aromatic heterocycles. The fourth-order valence-electron chi connectivity index (χ4n) is 2.96. The Kier molecular flexibility index (Phi) is 4.65. The molecule has 0 atom stereocenters. The number of carbonyl (C=O) groups is 2. The van der Waals surface area contributed by atoms with E-state index in [0.29, 0.717) is 17.8 Å². The molecule has 3 rings (SSSR count). The molecular formula is C20H22N2O2. The minimum atomic E-state index is -0.0597. The lowest BCUT2D eigenvalue weighted by atomic mass is 9.96. The van der Waals surface area contributed by atoms with Crippen LogP contribution in [-0.4, -0.2) is 24.8 Å². The number of para-hydroxylation sites is 1. The molecule has 1 amide bonds. The highest BCUT2D eigenvalue weighted by atomic mass is 16.2. The first kappa shape index (κ1) is 16.2. The van der Waals surface area contributed by atoms with Gasteiger partial charge >= 0.3 is 0 Å². The molecular weight excluding hydrogens is 300 g/mol. The van der Waals surface area contributed by atoms with Crippen LogP contribution in [0, 0.1) is 0 Å². The van der Waals surface area contributed by atoms with E-state index >= 15 is 0 Å². The topological polar surface area (TPSA) is 58.2 Å². The lowest BCUT2D eigenvalue weighted by molar-refractivity contribution is -0.119. The molecule has 0 spiro atoms. The minimum absolute atomic E-state index is 0.0143. The molecule has 2 aromatic carbocycles. The molecule has 2 aromatic rings. The molecule has 0 heterocycles. The van der Waals surface area contributed by atoms with Crippen LogP contribution in [0.3, 0.4) is 0 Å². The predicted octanol–water partition coefficient (Wildman–Crippen LogP) is 3.15. The summed E-state index contributed by atoms with van der Waals surface area (Å²) in [6.45, 7) is 2.35. The Morgan fingerprint density at radius 3 is 2.33 bits per heavy atom. The lowest BCUT2D eigenvalue weighted by Gasteiger charge is -2.17. The molecule has 4 heteroatoms. The first-order valence-electron chi connectivity index (χ1n) is 8.27. The van der Waals surface area contributed by atoms with Crippen molar-refractivity contribution < 1.29 is 9.59 Å². The van der Waals surface area contributed by atoms with Crippen LogP contribution in [0.25, 0.3) is 0 Å². The SMILES string of the molecule is CC(=O)c1ccccc1NCC(=O)NCC1(c2ccccc2)CC1. The van der Waals surface area contributed by atoms with Crippen LogP contribution in [0.5, 0.6) is 0 Å². The average Bonchev–Trinajstić information content (AvgIpc) is 3.40. The van der Waals surface area contributed by atoms with Crippen molar-refractivity contribution in [3.05, 3.63) is 65.7 Å². The van der Waals surface area contributed by atoms with Crippen molar-refractivity contribution in [2.45, 2.75) is 25.2 Å². The van der Waals surface area contributed by atoms with Crippen LogP contribution < -0.4 is 10.6 Å². The Balaban J connectivity index is 1.53. The second kappa shape index (κ2) is 6.87. The maximum atomic E-state index is 12.1. The zero-order valence-electron chi connectivity index (χ0n) is 13.8. The fraction of sp³-hybridized carbons (Fsp3) is 0.300. The Morgan fingerprint density at radius 1 is 1.00 bits per heavy atom. The van der Waals surface area contributed by atoms with Crippen LogP contribution >= 0.6 is 0 Å². The van der Waals surface area contributed by atoms with E-state index in [1.807, 2.05) is 36.4 Å². The number of hydrogen-bond donors (Lipinski definition) is 2. The third-order valence-electron chi connectivity index (χ3n) is 4.61. The molecule has 24 heavy (non-hydrogen) atoms. The van der Waals surface area contributed by atoms with Gasteiger partial charge < -0.3 is 10.6 Å². The van der Waals surface area contributed by atoms with E-state index < -0.39 is 0 Å². The van der Waals surface area contributed by atoms with E-state index in [-0.39, 0.29) is 23.7 Å². The highest BCUT2D eigenvalue weighted by Gasteiger charge is 2.44. The largest absolute Gasteiger partial charge is 0.376 e. The minimum Gasteiger partial charge on any atom is -0.376 e. The van der Waals surface area contributed by atoms with Gasteiger partial charge in [0.2, 0.25) is 5.91 Å². The Labute approximate surface area is 142 Å².